The van der Waals surface area contributed by atoms with Crippen molar-refractivity contribution in [3.63, 3.8) is 0 Å². The van der Waals surface area contributed by atoms with Gasteiger partial charge in [-0.1, -0.05) is 0 Å². The maximum Gasteiger partial charge on any atom is 0.244 e. The summed E-state index contributed by atoms with van der Waals surface area (Å²) in [6.45, 7) is 1.63. The lowest BCUT2D eigenvalue weighted by molar-refractivity contribution is -0.671. The number of Topliss-reactive ketones (excluding diaryl/α,β-unsaturated/α-hetero) is 1. The highest BCUT2D eigenvalue weighted by Crippen LogP contribution is 2.17. The third kappa shape index (κ3) is 3.54. The van der Waals surface area contributed by atoms with Crippen LogP contribution in [0.2, 0.25) is 0 Å². The molecule has 0 spiro atoms. The largest absolute Gasteiger partial charge is 0.300 e. The van der Waals surface area contributed by atoms with Crippen LogP contribution in [0.25, 0.3) is 0 Å². The molecule has 4 heteroatoms. The molecule has 1 aromatic heterocycles. The number of hydrogen-bond donors (Lipinski definition) is 1. The first-order chi connectivity index (χ1) is 6.59. The summed E-state index contributed by atoms with van der Waals surface area (Å²) in [6, 6.07) is 0. The summed E-state index contributed by atoms with van der Waals surface area (Å²) < 4.78 is 4.03. The number of thiol groups is 1. The molecule has 0 saturated carbocycles. The molecule has 0 aliphatic carbocycles. The number of carbonyl (C=O) groups is 1. The fourth-order valence-corrected chi connectivity index (χ4v) is 1.65. The summed E-state index contributed by atoms with van der Waals surface area (Å²) in [7, 11) is 1.98. The van der Waals surface area contributed by atoms with Crippen molar-refractivity contribution in [1.29, 1.82) is 0 Å². The normalized spacial score (nSPS) is 12.8. The topological polar surface area (TPSA) is 25.9 Å². The van der Waals surface area contributed by atoms with Gasteiger partial charge in [0.15, 0.2) is 0 Å². The van der Waals surface area contributed by atoms with Crippen molar-refractivity contribution >= 4 is 18.4 Å². The van der Waals surface area contributed by atoms with Gasteiger partial charge in [0.2, 0.25) is 6.33 Å². The predicted molar refractivity (Wildman–Crippen MR) is 58.2 cm³/mol. The fraction of sp³-hybridized carbons (Fsp3) is 0.600. The Bertz CT molecular complexity index is 309. The van der Waals surface area contributed by atoms with Crippen LogP contribution in [0.3, 0.4) is 0 Å². The standard InChI is InChI=1S/C10H16N2OS/c1-9(13)4-3-5-10(14)12-7-6-11(2)8-12/h6-8,10H,3-5H2,1-2H3/p+1. The number of aryl methyl sites for hydroxylation is 1. The summed E-state index contributed by atoms with van der Waals surface area (Å²) in [4.78, 5) is 10.7. The highest BCUT2D eigenvalue weighted by atomic mass is 32.1. The number of nitrogens with zero attached hydrogens (tertiary/aromatic N) is 2. The number of carbonyl (C=O) groups excluding carboxylic acids is 1. The molecule has 3 nitrogen and oxygen atoms in total. The maximum absolute atomic E-state index is 10.7. The Morgan fingerprint density at radius 3 is 2.86 bits per heavy atom. The Balaban J connectivity index is 2.35. The van der Waals surface area contributed by atoms with E-state index in [1.54, 1.807) is 6.92 Å². The SMILES string of the molecule is CC(=O)CCCC(S)n1cc[n+](C)c1. The molecule has 1 aromatic rings. The van der Waals surface area contributed by atoms with E-state index >= 15 is 0 Å². The summed E-state index contributed by atoms with van der Waals surface area (Å²) in [5.74, 6) is 0.253. The monoisotopic (exact) mass is 213 g/mol. The highest BCUT2D eigenvalue weighted by molar-refractivity contribution is 7.80. The molecule has 0 bridgehead atoms. The van der Waals surface area contributed by atoms with E-state index in [0.29, 0.717) is 6.42 Å². The number of imidazole rings is 1. The first-order valence-electron chi connectivity index (χ1n) is 4.80. The Kier molecular flexibility index (Phi) is 4.20. The zero-order valence-electron chi connectivity index (χ0n) is 8.68. The lowest BCUT2D eigenvalue weighted by atomic mass is 10.2. The Hall–Kier alpha value is -0.770. The third-order valence-corrected chi connectivity index (χ3v) is 2.65. The molecule has 1 unspecified atom stereocenters. The predicted octanol–water partition coefficient (Wildman–Crippen LogP) is 1.50. The minimum atomic E-state index is 0.176. The molecule has 0 amide bonds. The van der Waals surface area contributed by atoms with Crippen LogP contribution in [-0.2, 0) is 11.8 Å². The molecule has 1 atom stereocenters. The highest BCUT2D eigenvalue weighted by Gasteiger charge is 2.10. The van der Waals surface area contributed by atoms with Crippen molar-refractivity contribution in [2.45, 2.75) is 31.6 Å². The Morgan fingerprint density at radius 2 is 2.36 bits per heavy atom. The van der Waals surface area contributed by atoms with Crippen LogP contribution in [0, 0.1) is 0 Å². The maximum atomic E-state index is 10.7. The van der Waals surface area contributed by atoms with Gasteiger partial charge in [-0.25, -0.2) is 9.13 Å². The molecule has 1 rings (SSSR count). The van der Waals surface area contributed by atoms with Crippen molar-refractivity contribution in [2.24, 2.45) is 7.05 Å². The lowest BCUT2D eigenvalue weighted by Crippen LogP contribution is -2.24. The van der Waals surface area contributed by atoms with E-state index in [1.807, 2.05) is 34.9 Å². The van der Waals surface area contributed by atoms with Gasteiger partial charge in [-0.3, -0.25) is 0 Å². The molecule has 0 saturated heterocycles. The van der Waals surface area contributed by atoms with Gasteiger partial charge in [0.05, 0.1) is 7.05 Å². The quantitative estimate of drug-likeness (QED) is 0.582. The molecule has 0 fully saturated rings. The summed E-state index contributed by atoms with van der Waals surface area (Å²) in [5.41, 5.74) is 0. The number of ketones is 1. The second kappa shape index (κ2) is 5.20. The molecule has 0 aliphatic heterocycles. The Labute approximate surface area is 90.2 Å². The first-order valence-corrected chi connectivity index (χ1v) is 5.31. The minimum absolute atomic E-state index is 0.176. The molecule has 78 valence electrons. The van der Waals surface area contributed by atoms with Crippen LogP contribution in [-0.4, -0.2) is 10.4 Å². The van der Waals surface area contributed by atoms with Gasteiger partial charge in [0.25, 0.3) is 0 Å². The van der Waals surface area contributed by atoms with Gasteiger partial charge in [-0.15, -0.1) is 12.6 Å². The van der Waals surface area contributed by atoms with Crippen LogP contribution >= 0.6 is 12.6 Å². The van der Waals surface area contributed by atoms with Crippen molar-refractivity contribution < 1.29 is 9.36 Å². The zero-order chi connectivity index (χ0) is 10.6. The summed E-state index contributed by atoms with van der Waals surface area (Å²) >= 11 is 4.47. The summed E-state index contributed by atoms with van der Waals surface area (Å²) in [5, 5.41) is 0.176. The van der Waals surface area contributed by atoms with E-state index in [9.17, 15) is 4.79 Å². The number of aromatic nitrogens is 2. The van der Waals surface area contributed by atoms with Crippen molar-refractivity contribution in [3.05, 3.63) is 18.7 Å². The lowest BCUT2D eigenvalue weighted by Gasteiger charge is -2.05. The fourth-order valence-electron chi connectivity index (χ4n) is 1.33. The average molecular weight is 213 g/mol. The zero-order valence-corrected chi connectivity index (χ0v) is 9.58. The third-order valence-electron chi connectivity index (χ3n) is 2.12. The Morgan fingerprint density at radius 1 is 1.64 bits per heavy atom. The van der Waals surface area contributed by atoms with Crippen LogP contribution in [0.1, 0.15) is 31.6 Å². The molecule has 0 N–H and O–H groups in total. The van der Waals surface area contributed by atoms with Crippen molar-refractivity contribution in [1.82, 2.24) is 4.57 Å². The van der Waals surface area contributed by atoms with Gasteiger partial charge >= 0.3 is 0 Å². The second-order valence-electron chi connectivity index (χ2n) is 3.60. The van der Waals surface area contributed by atoms with E-state index in [2.05, 4.69) is 12.6 Å². The van der Waals surface area contributed by atoms with Crippen LogP contribution in [0.15, 0.2) is 18.7 Å². The van der Waals surface area contributed by atoms with E-state index in [0.717, 1.165) is 12.8 Å². The number of rotatable bonds is 5. The van der Waals surface area contributed by atoms with Gasteiger partial charge in [0, 0.05) is 6.42 Å². The van der Waals surface area contributed by atoms with E-state index in [4.69, 9.17) is 0 Å². The molecule has 14 heavy (non-hydrogen) atoms. The summed E-state index contributed by atoms with van der Waals surface area (Å²) in [6.07, 6.45) is 8.46. The number of hydrogen-bond acceptors (Lipinski definition) is 2. The van der Waals surface area contributed by atoms with Gasteiger partial charge in [0.1, 0.15) is 23.6 Å². The van der Waals surface area contributed by atoms with Crippen LogP contribution in [0.5, 0.6) is 0 Å². The first kappa shape index (κ1) is 11.3. The average Bonchev–Trinajstić information content (AvgIpc) is 2.51. The van der Waals surface area contributed by atoms with E-state index in [-0.39, 0.29) is 11.2 Å². The van der Waals surface area contributed by atoms with Gasteiger partial charge < -0.3 is 4.79 Å². The van der Waals surface area contributed by atoms with E-state index in [1.165, 1.54) is 0 Å². The minimum Gasteiger partial charge on any atom is -0.300 e. The van der Waals surface area contributed by atoms with Crippen molar-refractivity contribution in [2.75, 3.05) is 0 Å². The van der Waals surface area contributed by atoms with Crippen LogP contribution < -0.4 is 4.57 Å². The smallest absolute Gasteiger partial charge is 0.244 e. The van der Waals surface area contributed by atoms with Gasteiger partial charge in [-0.05, 0) is 19.8 Å². The molecule has 0 aliphatic rings. The molecule has 0 radical (unpaired) electrons. The molecule has 1 heterocycles. The molecular weight excluding hydrogens is 196 g/mol. The molecular formula is C10H17N2OS+. The van der Waals surface area contributed by atoms with Crippen molar-refractivity contribution in [3.8, 4) is 0 Å². The van der Waals surface area contributed by atoms with Crippen LogP contribution in [0.4, 0.5) is 0 Å². The van der Waals surface area contributed by atoms with Gasteiger partial charge in [-0.2, -0.15) is 0 Å². The van der Waals surface area contributed by atoms with E-state index < -0.39 is 0 Å². The second-order valence-corrected chi connectivity index (χ2v) is 4.20. The molecule has 0 aromatic carbocycles.